The Morgan fingerprint density at radius 2 is 2.29 bits per heavy atom. The highest BCUT2D eigenvalue weighted by atomic mass is 32.1. The third-order valence-electron chi connectivity index (χ3n) is 1.51. The number of benzene rings is 1. The van der Waals surface area contributed by atoms with Gasteiger partial charge in [-0.05, 0) is 18.2 Å². The zero-order valence-electron chi connectivity index (χ0n) is 7.29. The van der Waals surface area contributed by atoms with Gasteiger partial charge in [0.15, 0.2) is 0 Å². The number of thiocarbonyl (C=S) groups is 1. The van der Waals surface area contributed by atoms with Crippen molar-refractivity contribution in [1.29, 1.82) is 0 Å². The second-order valence-corrected chi connectivity index (χ2v) is 3.18. The summed E-state index contributed by atoms with van der Waals surface area (Å²) in [5.74, 6) is -0.842. The summed E-state index contributed by atoms with van der Waals surface area (Å²) >= 11 is 4.58. The number of hydrogen-bond acceptors (Lipinski definition) is 2. The molecule has 0 aliphatic rings. The lowest BCUT2D eigenvalue weighted by molar-refractivity contribution is 0.0959. The molecule has 0 bridgehead atoms. The molecule has 0 unspecified atom stereocenters. The number of nitrogens with two attached hydrogens (primary N) is 1. The number of carbonyl (C=O) groups excluding carboxylic acids is 1. The molecule has 0 aromatic heterocycles. The van der Waals surface area contributed by atoms with E-state index in [2.05, 4.69) is 17.5 Å². The van der Waals surface area contributed by atoms with E-state index in [4.69, 9.17) is 5.73 Å². The van der Waals surface area contributed by atoms with Gasteiger partial charge in [-0.2, -0.15) is 0 Å². The summed E-state index contributed by atoms with van der Waals surface area (Å²) in [5.41, 5.74) is 5.44. The molecular formula is C9H9FN2OS. The SMILES string of the molecule is NC(=S)CNC(=O)c1cccc(F)c1. The first-order chi connectivity index (χ1) is 6.59. The zero-order chi connectivity index (χ0) is 10.6. The topological polar surface area (TPSA) is 55.1 Å². The maximum Gasteiger partial charge on any atom is 0.251 e. The van der Waals surface area contributed by atoms with E-state index in [-0.39, 0.29) is 17.1 Å². The summed E-state index contributed by atoms with van der Waals surface area (Å²) in [7, 11) is 0. The number of amides is 1. The summed E-state index contributed by atoms with van der Waals surface area (Å²) in [5, 5.41) is 2.45. The Morgan fingerprint density at radius 3 is 2.86 bits per heavy atom. The molecule has 0 saturated heterocycles. The molecule has 0 heterocycles. The molecule has 3 nitrogen and oxygen atoms in total. The lowest BCUT2D eigenvalue weighted by Crippen LogP contribution is -2.32. The first-order valence-electron chi connectivity index (χ1n) is 3.91. The predicted molar refractivity (Wildman–Crippen MR) is 55.5 cm³/mol. The monoisotopic (exact) mass is 212 g/mol. The van der Waals surface area contributed by atoms with E-state index < -0.39 is 11.7 Å². The van der Waals surface area contributed by atoms with Crippen molar-refractivity contribution in [1.82, 2.24) is 5.32 Å². The Morgan fingerprint density at radius 1 is 1.57 bits per heavy atom. The number of halogens is 1. The minimum Gasteiger partial charge on any atom is -0.392 e. The highest BCUT2D eigenvalue weighted by Gasteiger charge is 2.05. The predicted octanol–water partition coefficient (Wildman–Crippen LogP) is 0.842. The summed E-state index contributed by atoms with van der Waals surface area (Å²) in [6.45, 7) is 0.116. The Hall–Kier alpha value is -1.49. The smallest absolute Gasteiger partial charge is 0.251 e. The first kappa shape index (κ1) is 10.6. The van der Waals surface area contributed by atoms with Crippen LogP contribution in [0.1, 0.15) is 10.4 Å². The molecule has 0 aliphatic carbocycles. The van der Waals surface area contributed by atoms with Crippen molar-refractivity contribution >= 4 is 23.1 Å². The lowest BCUT2D eigenvalue weighted by atomic mass is 10.2. The van der Waals surface area contributed by atoms with Crippen molar-refractivity contribution in [2.24, 2.45) is 5.73 Å². The Kier molecular flexibility index (Phi) is 3.53. The third-order valence-corrected chi connectivity index (χ3v) is 1.65. The van der Waals surface area contributed by atoms with Crippen LogP contribution in [-0.2, 0) is 0 Å². The minimum atomic E-state index is -0.451. The molecule has 3 N–H and O–H groups in total. The minimum absolute atomic E-state index is 0.116. The molecule has 0 spiro atoms. The molecule has 1 rings (SSSR count). The van der Waals surface area contributed by atoms with E-state index in [1.807, 2.05) is 0 Å². The van der Waals surface area contributed by atoms with Gasteiger partial charge in [-0.15, -0.1) is 0 Å². The quantitative estimate of drug-likeness (QED) is 0.730. The number of nitrogens with one attached hydrogen (secondary N) is 1. The van der Waals surface area contributed by atoms with Gasteiger partial charge >= 0.3 is 0 Å². The Bertz CT molecular complexity index is 368. The van der Waals surface area contributed by atoms with Gasteiger partial charge in [0.2, 0.25) is 0 Å². The van der Waals surface area contributed by atoms with E-state index in [0.29, 0.717) is 0 Å². The molecule has 1 aromatic carbocycles. The van der Waals surface area contributed by atoms with Crippen LogP contribution in [0.4, 0.5) is 4.39 Å². The van der Waals surface area contributed by atoms with Gasteiger partial charge in [0, 0.05) is 5.56 Å². The molecule has 0 atom stereocenters. The largest absolute Gasteiger partial charge is 0.392 e. The standard InChI is InChI=1S/C9H9FN2OS/c10-7-3-1-2-6(4-7)9(13)12-5-8(11)14/h1-4H,5H2,(H2,11,14)(H,12,13). The van der Waals surface area contributed by atoms with Crippen LogP contribution in [0.2, 0.25) is 0 Å². The van der Waals surface area contributed by atoms with E-state index in [0.717, 1.165) is 6.07 Å². The summed E-state index contributed by atoms with van der Waals surface area (Å²) in [6, 6.07) is 5.39. The maximum absolute atomic E-state index is 12.7. The summed E-state index contributed by atoms with van der Waals surface area (Å²) in [4.78, 5) is 11.5. The van der Waals surface area contributed by atoms with Gasteiger partial charge in [0.05, 0.1) is 11.5 Å². The number of hydrogen-bond donors (Lipinski definition) is 2. The van der Waals surface area contributed by atoms with Crippen molar-refractivity contribution in [2.45, 2.75) is 0 Å². The molecule has 1 aromatic rings. The summed E-state index contributed by atoms with van der Waals surface area (Å²) in [6.07, 6.45) is 0. The maximum atomic E-state index is 12.7. The first-order valence-corrected chi connectivity index (χ1v) is 4.32. The van der Waals surface area contributed by atoms with E-state index in [9.17, 15) is 9.18 Å². The fourth-order valence-electron chi connectivity index (χ4n) is 0.899. The van der Waals surface area contributed by atoms with Crippen LogP contribution in [0, 0.1) is 5.82 Å². The normalized spacial score (nSPS) is 9.50. The zero-order valence-corrected chi connectivity index (χ0v) is 8.10. The second-order valence-electron chi connectivity index (χ2n) is 2.66. The van der Waals surface area contributed by atoms with Crippen molar-refractivity contribution < 1.29 is 9.18 Å². The Labute approximate surface area is 86.1 Å². The molecule has 0 aliphatic heterocycles. The number of carbonyl (C=O) groups is 1. The fourth-order valence-corrected chi connectivity index (χ4v) is 0.971. The molecule has 1 amide bonds. The average Bonchev–Trinajstić information content (AvgIpc) is 2.14. The van der Waals surface area contributed by atoms with Crippen LogP contribution in [-0.4, -0.2) is 17.4 Å². The van der Waals surface area contributed by atoms with Crippen molar-refractivity contribution in [2.75, 3.05) is 6.54 Å². The molecule has 0 radical (unpaired) electrons. The molecule has 74 valence electrons. The van der Waals surface area contributed by atoms with Gasteiger partial charge in [-0.1, -0.05) is 18.3 Å². The second kappa shape index (κ2) is 4.66. The third kappa shape index (κ3) is 3.10. The molecular weight excluding hydrogens is 203 g/mol. The Balaban J connectivity index is 2.65. The van der Waals surface area contributed by atoms with Gasteiger partial charge < -0.3 is 11.1 Å². The van der Waals surface area contributed by atoms with Crippen LogP contribution in [0.15, 0.2) is 24.3 Å². The molecule has 14 heavy (non-hydrogen) atoms. The highest BCUT2D eigenvalue weighted by molar-refractivity contribution is 7.80. The van der Waals surface area contributed by atoms with Gasteiger partial charge in [-0.3, -0.25) is 4.79 Å². The van der Waals surface area contributed by atoms with Crippen LogP contribution in [0.3, 0.4) is 0 Å². The fraction of sp³-hybridized carbons (Fsp3) is 0.111. The molecule has 5 heteroatoms. The highest BCUT2D eigenvalue weighted by Crippen LogP contribution is 2.02. The van der Waals surface area contributed by atoms with Crippen LogP contribution < -0.4 is 11.1 Å². The van der Waals surface area contributed by atoms with Crippen LogP contribution in [0.25, 0.3) is 0 Å². The molecule has 0 fully saturated rings. The van der Waals surface area contributed by atoms with E-state index in [1.165, 1.54) is 18.2 Å². The van der Waals surface area contributed by atoms with Gasteiger partial charge in [0.1, 0.15) is 5.82 Å². The summed E-state index contributed by atoms with van der Waals surface area (Å²) < 4.78 is 12.7. The number of rotatable bonds is 3. The van der Waals surface area contributed by atoms with Gasteiger partial charge in [0.25, 0.3) is 5.91 Å². The van der Waals surface area contributed by atoms with Crippen molar-refractivity contribution in [3.63, 3.8) is 0 Å². The van der Waals surface area contributed by atoms with E-state index >= 15 is 0 Å². The van der Waals surface area contributed by atoms with Crippen molar-refractivity contribution in [3.8, 4) is 0 Å². The molecule has 0 saturated carbocycles. The van der Waals surface area contributed by atoms with Crippen LogP contribution in [0.5, 0.6) is 0 Å². The average molecular weight is 212 g/mol. The lowest BCUT2D eigenvalue weighted by Gasteiger charge is -2.03. The van der Waals surface area contributed by atoms with Gasteiger partial charge in [-0.25, -0.2) is 4.39 Å². The van der Waals surface area contributed by atoms with Crippen LogP contribution >= 0.6 is 12.2 Å². The van der Waals surface area contributed by atoms with E-state index in [1.54, 1.807) is 0 Å². The van der Waals surface area contributed by atoms with Crippen molar-refractivity contribution in [3.05, 3.63) is 35.6 Å².